The molecule has 0 aliphatic heterocycles. The van der Waals surface area contributed by atoms with Crippen LogP contribution in [-0.2, 0) is 11.2 Å². The van der Waals surface area contributed by atoms with E-state index in [9.17, 15) is 14.7 Å². The number of carboxylic acid groups (broad SMARTS) is 1. The number of aromatic nitrogens is 6. The first-order chi connectivity index (χ1) is 19.4. The van der Waals surface area contributed by atoms with Gasteiger partial charge in [0.05, 0.1) is 17.3 Å². The summed E-state index contributed by atoms with van der Waals surface area (Å²) in [5.74, 6) is -0.949. The van der Waals surface area contributed by atoms with Crippen LogP contribution in [0.15, 0.2) is 85.2 Å². The van der Waals surface area contributed by atoms with Crippen molar-refractivity contribution in [3.8, 4) is 16.9 Å². The summed E-state index contributed by atoms with van der Waals surface area (Å²) in [7, 11) is 0. The zero-order chi connectivity index (χ0) is 28.1. The number of amides is 1. The first kappa shape index (κ1) is 26.8. The fourth-order valence-corrected chi connectivity index (χ4v) is 4.52. The second-order valence-corrected chi connectivity index (χ2v) is 9.52. The Kier molecular flexibility index (Phi) is 7.99. The van der Waals surface area contributed by atoms with E-state index in [2.05, 4.69) is 30.8 Å². The van der Waals surface area contributed by atoms with Gasteiger partial charge in [-0.1, -0.05) is 65.7 Å². The zero-order valence-electron chi connectivity index (χ0n) is 20.7. The fourth-order valence-electron chi connectivity index (χ4n) is 4.09. The van der Waals surface area contributed by atoms with Crippen molar-refractivity contribution < 1.29 is 14.7 Å². The molecule has 3 aromatic carbocycles. The van der Waals surface area contributed by atoms with Crippen molar-refractivity contribution >= 4 is 41.2 Å². The number of aromatic carboxylic acids is 1. The van der Waals surface area contributed by atoms with Crippen LogP contribution in [0, 0.1) is 0 Å². The summed E-state index contributed by atoms with van der Waals surface area (Å²) in [5, 5.41) is 24.2. The maximum Gasteiger partial charge on any atom is 0.335 e. The number of tetrazole rings is 1. The van der Waals surface area contributed by atoms with Crippen LogP contribution in [-0.4, -0.2) is 47.2 Å². The lowest BCUT2D eigenvalue weighted by Crippen LogP contribution is -2.29. The molecule has 2 aromatic heterocycles. The summed E-state index contributed by atoms with van der Waals surface area (Å²) in [6.45, 7) is 0. The van der Waals surface area contributed by atoms with Crippen LogP contribution in [0.5, 0.6) is 0 Å². The van der Waals surface area contributed by atoms with E-state index in [1.165, 1.54) is 29.2 Å². The third-order valence-corrected chi connectivity index (χ3v) is 6.52. The molecule has 0 saturated heterocycles. The second-order valence-electron chi connectivity index (χ2n) is 8.71. The van der Waals surface area contributed by atoms with Crippen LogP contribution in [0.4, 0.5) is 0 Å². The minimum Gasteiger partial charge on any atom is -0.478 e. The van der Waals surface area contributed by atoms with E-state index in [1.54, 1.807) is 36.4 Å². The Morgan fingerprint density at radius 3 is 2.52 bits per heavy atom. The average Bonchev–Trinajstić information content (AvgIpc) is 3.62. The van der Waals surface area contributed by atoms with Gasteiger partial charge in [-0.25, -0.2) is 9.78 Å². The van der Waals surface area contributed by atoms with Crippen molar-refractivity contribution in [2.24, 2.45) is 0 Å². The second kappa shape index (κ2) is 11.9. The Labute approximate surface area is 238 Å². The maximum absolute atomic E-state index is 13.1. The number of hydrogen-bond donors (Lipinski definition) is 3. The Bertz CT molecular complexity index is 1670. The molecule has 0 aliphatic rings. The zero-order valence-corrected chi connectivity index (χ0v) is 22.2. The van der Waals surface area contributed by atoms with Crippen LogP contribution >= 0.6 is 23.2 Å². The molecule has 12 heteroatoms. The van der Waals surface area contributed by atoms with Gasteiger partial charge in [-0.3, -0.25) is 4.79 Å². The molecule has 10 nitrogen and oxygen atoms in total. The minimum atomic E-state index is -1.03. The van der Waals surface area contributed by atoms with Crippen LogP contribution in [0.25, 0.3) is 23.0 Å². The SMILES string of the molecule is O=C(/C=C/c1cc(Cl)ccc1-n1cnnn1)NC(Cc1ccccc1)c1nc(-c2ccc(C(=O)O)cc2)c(Cl)[nH]1. The molecule has 40 heavy (non-hydrogen) atoms. The highest BCUT2D eigenvalue weighted by Gasteiger charge is 2.21. The van der Waals surface area contributed by atoms with Crippen LogP contribution in [0.1, 0.15) is 33.4 Å². The van der Waals surface area contributed by atoms with Crippen molar-refractivity contribution in [1.29, 1.82) is 0 Å². The Morgan fingerprint density at radius 2 is 1.82 bits per heavy atom. The lowest BCUT2D eigenvalue weighted by atomic mass is 10.1. The van der Waals surface area contributed by atoms with Gasteiger partial charge in [-0.05, 0) is 58.8 Å². The van der Waals surface area contributed by atoms with Crippen molar-refractivity contribution in [2.45, 2.75) is 12.5 Å². The quantitative estimate of drug-likeness (QED) is 0.207. The molecule has 200 valence electrons. The standard InChI is InChI=1S/C28H21Cl2N7O3/c29-21-11-12-23(37-16-31-35-36-37)20(15-21)10-13-24(38)32-22(14-17-4-2-1-3-5-17)27-33-25(26(30)34-27)18-6-8-19(9-7-18)28(39)40/h1-13,15-16,22H,14H2,(H,32,38)(H,33,34)(H,39,40)/b13-10+. The predicted molar refractivity (Wildman–Crippen MR) is 150 cm³/mol. The molecular formula is C28H21Cl2N7O3. The first-order valence-corrected chi connectivity index (χ1v) is 12.8. The number of hydrogen-bond acceptors (Lipinski definition) is 6. The van der Waals surface area contributed by atoms with E-state index in [1.807, 2.05) is 30.3 Å². The molecule has 0 bridgehead atoms. The average molecular weight is 574 g/mol. The predicted octanol–water partition coefficient (Wildman–Crippen LogP) is 5.17. The van der Waals surface area contributed by atoms with E-state index >= 15 is 0 Å². The number of rotatable bonds is 9. The van der Waals surface area contributed by atoms with Crippen molar-refractivity contribution in [3.63, 3.8) is 0 Å². The van der Waals surface area contributed by atoms with Gasteiger partial charge in [0, 0.05) is 22.2 Å². The normalized spacial score (nSPS) is 11.9. The topological polar surface area (TPSA) is 139 Å². The molecule has 3 N–H and O–H groups in total. The Balaban J connectivity index is 1.42. The van der Waals surface area contributed by atoms with Gasteiger partial charge in [0.25, 0.3) is 0 Å². The number of nitrogens with one attached hydrogen (secondary N) is 2. The highest BCUT2D eigenvalue weighted by molar-refractivity contribution is 6.32. The number of carboxylic acids is 1. The van der Waals surface area contributed by atoms with Crippen molar-refractivity contribution in [1.82, 2.24) is 35.5 Å². The molecule has 5 aromatic rings. The molecule has 0 radical (unpaired) electrons. The van der Waals surface area contributed by atoms with E-state index in [0.29, 0.717) is 39.8 Å². The number of H-pyrrole nitrogens is 1. The number of aromatic amines is 1. The van der Waals surface area contributed by atoms with Crippen LogP contribution < -0.4 is 5.32 Å². The van der Waals surface area contributed by atoms with Gasteiger partial charge in [0.15, 0.2) is 0 Å². The minimum absolute atomic E-state index is 0.152. The van der Waals surface area contributed by atoms with Gasteiger partial charge in [0.2, 0.25) is 5.91 Å². The number of benzene rings is 3. The number of imidazole rings is 1. The van der Waals surface area contributed by atoms with Crippen molar-refractivity contribution in [2.75, 3.05) is 0 Å². The maximum atomic E-state index is 13.1. The molecule has 2 heterocycles. The summed E-state index contributed by atoms with van der Waals surface area (Å²) in [6, 6.07) is 20.5. The fraction of sp³-hybridized carbons (Fsp3) is 0.0714. The van der Waals surface area contributed by atoms with Gasteiger partial charge in [-0.15, -0.1) is 5.10 Å². The summed E-state index contributed by atoms with van der Waals surface area (Å²) < 4.78 is 1.47. The molecule has 0 fully saturated rings. The summed E-state index contributed by atoms with van der Waals surface area (Å²) in [5.41, 5.74) is 3.50. The molecule has 1 amide bonds. The number of halogens is 2. The van der Waals surface area contributed by atoms with Crippen molar-refractivity contribution in [3.05, 3.63) is 118 Å². The third kappa shape index (κ3) is 6.25. The largest absolute Gasteiger partial charge is 0.478 e. The monoisotopic (exact) mass is 573 g/mol. The molecule has 5 rings (SSSR count). The molecule has 0 saturated carbocycles. The van der Waals surface area contributed by atoms with Gasteiger partial charge < -0.3 is 15.4 Å². The lowest BCUT2D eigenvalue weighted by molar-refractivity contribution is -0.117. The highest BCUT2D eigenvalue weighted by atomic mass is 35.5. The summed E-state index contributed by atoms with van der Waals surface area (Å²) in [4.78, 5) is 32.1. The third-order valence-electron chi connectivity index (χ3n) is 6.01. The van der Waals surface area contributed by atoms with Crippen LogP contribution in [0.2, 0.25) is 10.2 Å². The Morgan fingerprint density at radius 1 is 1.05 bits per heavy atom. The molecule has 1 unspecified atom stereocenters. The summed E-state index contributed by atoms with van der Waals surface area (Å²) >= 11 is 12.7. The highest BCUT2D eigenvalue weighted by Crippen LogP contribution is 2.29. The smallest absolute Gasteiger partial charge is 0.335 e. The number of carbonyl (C=O) groups excluding carboxylic acids is 1. The van der Waals surface area contributed by atoms with Crippen LogP contribution in [0.3, 0.4) is 0 Å². The summed E-state index contributed by atoms with van der Waals surface area (Å²) in [6.07, 6.45) is 4.91. The van der Waals surface area contributed by atoms with Gasteiger partial charge in [-0.2, -0.15) is 4.68 Å². The first-order valence-electron chi connectivity index (χ1n) is 12.0. The van der Waals surface area contributed by atoms with E-state index in [4.69, 9.17) is 23.2 Å². The molecule has 0 spiro atoms. The molecule has 0 aliphatic carbocycles. The number of nitrogens with zero attached hydrogens (tertiary/aromatic N) is 5. The molecular weight excluding hydrogens is 553 g/mol. The van der Waals surface area contributed by atoms with Gasteiger partial charge >= 0.3 is 5.97 Å². The van der Waals surface area contributed by atoms with Gasteiger partial charge in [0.1, 0.15) is 23.0 Å². The molecule has 1 atom stereocenters. The Hall–Kier alpha value is -4.80. The van der Waals surface area contributed by atoms with E-state index in [0.717, 1.165) is 5.56 Å². The van der Waals surface area contributed by atoms with E-state index < -0.39 is 12.0 Å². The lowest BCUT2D eigenvalue weighted by Gasteiger charge is -2.16. The van der Waals surface area contributed by atoms with E-state index in [-0.39, 0.29) is 16.6 Å². The number of carbonyl (C=O) groups is 2.